The highest BCUT2D eigenvalue weighted by Crippen LogP contribution is 1.80. The monoisotopic (exact) mass is 126 g/mol. The van der Waals surface area contributed by atoms with Crippen LogP contribution in [0.15, 0.2) is 17.8 Å². The van der Waals surface area contributed by atoms with Crippen LogP contribution < -0.4 is 0 Å². The molecule has 0 aliphatic carbocycles. The van der Waals surface area contributed by atoms with Crippen LogP contribution in [0.4, 0.5) is 0 Å². The molecular formula is C7H14N2. The number of rotatable bonds is 4. The van der Waals surface area contributed by atoms with Gasteiger partial charge in [0.25, 0.3) is 0 Å². The summed E-state index contributed by atoms with van der Waals surface area (Å²) in [5.74, 6) is 0. The maximum Gasteiger partial charge on any atom is 0.0902 e. The van der Waals surface area contributed by atoms with Crippen LogP contribution in [-0.2, 0) is 0 Å². The van der Waals surface area contributed by atoms with Crippen molar-refractivity contribution in [3.8, 4) is 0 Å². The van der Waals surface area contributed by atoms with E-state index in [2.05, 4.69) is 18.5 Å². The van der Waals surface area contributed by atoms with Crippen LogP contribution >= 0.6 is 0 Å². The molecule has 0 N–H and O–H groups in total. The zero-order valence-electron chi connectivity index (χ0n) is 6.17. The van der Waals surface area contributed by atoms with Crippen molar-refractivity contribution in [1.29, 1.82) is 0 Å². The van der Waals surface area contributed by atoms with Gasteiger partial charge in [0.05, 0.1) is 6.34 Å². The first kappa shape index (κ1) is 8.21. The first-order chi connectivity index (χ1) is 4.31. The molecule has 0 saturated carbocycles. The third-order valence-electron chi connectivity index (χ3n) is 0.946. The molecule has 9 heavy (non-hydrogen) atoms. The zero-order chi connectivity index (χ0) is 7.11. The van der Waals surface area contributed by atoms with Gasteiger partial charge in [0, 0.05) is 19.8 Å². The number of hydrogen-bond donors (Lipinski definition) is 0. The molecule has 2 heteroatoms. The average molecular weight is 126 g/mol. The van der Waals surface area contributed by atoms with Gasteiger partial charge in [-0.3, -0.25) is 0 Å². The largest absolute Gasteiger partial charge is 0.366 e. The predicted molar refractivity (Wildman–Crippen MR) is 41.6 cm³/mol. The van der Waals surface area contributed by atoms with E-state index in [0.29, 0.717) is 0 Å². The molecule has 0 aromatic heterocycles. The lowest BCUT2D eigenvalue weighted by atomic mass is 10.5. The third kappa shape index (κ3) is 5.07. The average Bonchev–Trinajstić information content (AvgIpc) is 1.85. The van der Waals surface area contributed by atoms with E-state index in [4.69, 9.17) is 0 Å². The first-order valence-electron chi connectivity index (χ1n) is 3.15. The van der Waals surface area contributed by atoms with Gasteiger partial charge in [0.15, 0.2) is 0 Å². The Labute approximate surface area is 56.9 Å². The molecule has 0 radical (unpaired) electrons. The molecule has 0 aliphatic heterocycles. The summed E-state index contributed by atoms with van der Waals surface area (Å²) in [6.07, 6.45) is 4.46. The fraction of sp³-hybridized carbons (Fsp3) is 0.571. The van der Waals surface area contributed by atoms with Gasteiger partial charge in [0.1, 0.15) is 0 Å². The summed E-state index contributed by atoms with van der Waals surface area (Å²) in [5, 5.41) is 0. The molecule has 52 valence electrons. The molecular weight excluding hydrogens is 112 g/mol. The quantitative estimate of drug-likeness (QED) is 0.411. The van der Waals surface area contributed by atoms with Crippen LogP contribution in [0.25, 0.3) is 0 Å². The lowest BCUT2D eigenvalue weighted by Gasteiger charge is -2.09. The smallest absolute Gasteiger partial charge is 0.0902 e. The van der Waals surface area contributed by atoms with E-state index in [9.17, 15) is 0 Å². The van der Waals surface area contributed by atoms with Crippen LogP contribution in [0, 0.1) is 0 Å². The van der Waals surface area contributed by atoms with Crippen LogP contribution in [0.3, 0.4) is 0 Å². The van der Waals surface area contributed by atoms with Crippen molar-refractivity contribution in [1.82, 2.24) is 4.90 Å². The van der Waals surface area contributed by atoms with Gasteiger partial charge in [-0.15, -0.1) is 0 Å². The van der Waals surface area contributed by atoms with Gasteiger partial charge in [-0.2, -0.15) is 0 Å². The van der Waals surface area contributed by atoms with Crippen molar-refractivity contribution in [3.63, 3.8) is 0 Å². The normalized spacial score (nSPS) is 10.0. The van der Waals surface area contributed by atoms with Crippen molar-refractivity contribution >= 4 is 6.34 Å². The molecule has 0 heterocycles. The van der Waals surface area contributed by atoms with E-state index in [1.54, 1.807) is 6.34 Å². The molecule has 0 bridgehead atoms. The van der Waals surface area contributed by atoms with E-state index in [0.717, 1.165) is 13.0 Å². The number of hydrogen-bond acceptors (Lipinski definition) is 1. The summed E-state index contributed by atoms with van der Waals surface area (Å²) in [4.78, 5) is 5.88. The summed E-state index contributed by atoms with van der Waals surface area (Å²) in [7, 11) is 2.00. The third-order valence-corrected chi connectivity index (χ3v) is 0.946. The Kier molecular flexibility index (Phi) is 4.88. The second kappa shape index (κ2) is 5.35. The Balaban J connectivity index is 3.35. The van der Waals surface area contributed by atoms with Crippen LogP contribution in [0.2, 0.25) is 0 Å². The molecule has 0 unspecified atom stereocenters. The van der Waals surface area contributed by atoms with Gasteiger partial charge >= 0.3 is 0 Å². The van der Waals surface area contributed by atoms with Gasteiger partial charge in [-0.25, -0.2) is 4.99 Å². The van der Waals surface area contributed by atoms with Crippen molar-refractivity contribution in [2.24, 2.45) is 4.99 Å². The molecule has 2 nitrogen and oxygen atoms in total. The second-order valence-electron chi connectivity index (χ2n) is 1.93. The Bertz CT molecular complexity index is 97.1. The van der Waals surface area contributed by atoms with Crippen LogP contribution in [-0.4, -0.2) is 24.8 Å². The molecule has 0 rings (SSSR count). The topological polar surface area (TPSA) is 15.6 Å². The summed E-state index contributed by atoms with van der Waals surface area (Å²) < 4.78 is 0. The highest BCUT2D eigenvalue weighted by molar-refractivity contribution is 5.55. The van der Waals surface area contributed by atoms with Crippen molar-refractivity contribution in [2.75, 3.05) is 13.6 Å². The Morgan fingerprint density at radius 3 is 2.78 bits per heavy atom. The van der Waals surface area contributed by atoms with Gasteiger partial charge in [-0.05, 0) is 6.42 Å². The first-order valence-corrected chi connectivity index (χ1v) is 3.15. The van der Waals surface area contributed by atoms with Gasteiger partial charge in [-0.1, -0.05) is 13.5 Å². The summed E-state index contributed by atoms with van der Waals surface area (Å²) in [6, 6.07) is 0. The number of aliphatic imine (C=N–C) groups is 1. The maximum absolute atomic E-state index is 3.86. The molecule has 0 amide bonds. The molecule has 0 aromatic carbocycles. The van der Waals surface area contributed by atoms with Gasteiger partial charge < -0.3 is 4.90 Å². The lowest BCUT2D eigenvalue weighted by Crippen LogP contribution is -2.16. The molecule has 0 aliphatic rings. The molecule has 0 aromatic rings. The minimum Gasteiger partial charge on any atom is -0.366 e. The number of nitrogens with zero attached hydrogens (tertiary/aromatic N) is 2. The zero-order valence-corrected chi connectivity index (χ0v) is 6.17. The highest BCUT2D eigenvalue weighted by Gasteiger charge is 1.84. The standard InChI is InChI=1S/C7H14N2/c1-4-6-9(3)7-8-5-2/h5,7H,2,4,6H2,1,3H3. The SMILES string of the molecule is C=CN=CN(C)CCC. The predicted octanol–water partition coefficient (Wildman–Crippen LogP) is 1.50. The summed E-state index contributed by atoms with van der Waals surface area (Å²) >= 11 is 0. The fourth-order valence-electron chi connectivity index (χ4n) is 0.571. The Morgan fingerprint density at radius 1 is 1.67 bits per heavy atom. The summed E-state index contributed by atoms with van der Waals surface area (Å²) in [5.41, 5.74) is 0. The van der Waals surface area contributed by atoms with Crippen molar-refractivity contribution < 1.29 is 0 Å². The lowest BCUT2D eigenvalue weighted by molar-refractivity contribution is 0.515. The Morgan fingerprint density at radius 2 is 2.33 bits per heavy atom. The van der Waals surface area contributed by atoms with Crippen LogP contribution in [0.5, 0.6) is 0 Å². The molecule has 0 atom stereocenters. The van der Waals surface area contributed by atoms with E-state index in [1.165, 1.54) is 6.20 Å². The summed E-state index contributed by atoms with van der Waals surface area (Å²) in [6.45, 7) is 6.66. The molecule has 0 spiro atoms. The van der Waals surface area contributed by atoms with E-state index >= 15 is 0 Å². The van der Waals surface area contributed by atoms with Crippen molar-refractivity contribution in [2.45, 2.75) is 13.3 Å². The molecule has 0 saturated heterocycles. The highest BCUT2D eigenvalue weighted by atomic mass is 15.1. The van der Waals surface area contributed by atoms with E-state index in [1.807, 2.05) is 11.9 Å². The molecule has 0 fully saturated rings. The van der Waals surface area contributed by atoms with Crippen molar-refractivity contribution in [3.05, 3.63) is 12.8 Å². The Hall–Kier alpha value is -0.790. The minimum absolute atomic E-state index is 1.05. The maximum atomic E-state index is 3.86. The van der Waals surface area contributed by atoms with E-state index in [-0.39, 0.29) is 0 Å². The second-order valence-corrected chi connectivity index (χ2v) is 1.93. The fourth-order valence-corrected chi connectivity index (χ4v) is 0.571. The minimum atomic E-state index is 1.05. The van der Waals surface area contributed by atoms with Crippen LogP contribution in [0.1, 0.15) is 13.3 Å². The van der Waals surface area contributed by atoms with Gasteiger partial charge in [0.2, 0.25) is 0 Å². The van der Waals surface area contributed by atoms with E-state index < -0.39 is 0 Å².